The number of benzene rings is 2. The summed E-state index contributed by atoms with van der Waals surface area (Å²) in [5, 5.41) is 4.02. The zero-order valence-corrected chi connectivity index (χ0v) is 22.3. The lowest BCUT2D eigenvalue weighted by Crippen LogP contribution is -2.40. The Labute approximate surface area is 218 Å². The van der Waals surface area contributed by atoms with Gasteiger partial charge in [-0.2, -0.15) is 0 Å². The Kier molecular flexibility index (Phi) is 7.78. The molecule has 192 valence electrons. The van der Waals surface area contributed by atoms with E-state index in [2.05, 4.69) is 20.0 Å². The molecule has 4 rings (SSSR count). The van der Waals surface area contributed by atoms with Gasteiger partial charge in [0.1, 0.15) is 16.2 Å². The number of pyridine rings is 1. The smallest absolute Gasteiger partial charge is 0.242 e. The fourth-order valence-corrected chi connectivity index (χ4v) is 5.82. The Morgan fingerprint density at radius 3 is 2.78 bits per heavy atom. The van der Waals surface area contributed by atoms with Gasteiger partial charge in [0.15, 0.2) is 0 Å². The highest BCUT2D eigenvalue weighted by atomic mass is 32.2. The van der Waals surface area contributed by atoms with Crippen molar-refractivity contribution in [3.8, 4) is 5.75 Å². The summed E-state index contributed by atoms with van der Waals surface area (Å²) in [6.45, 7) is 5.64. The molecule has 1 atom stereocenters. The number of ether oxygens (including phenoxy) is 1. The monoisotopic (exact) mass is 516 g/mol. The maximum atomic E-state index is 14.0. The minimum absolute atomic E-state index is 0.405. The first-order valence-corrected chi connectivity index (χ1v) is 13.6. The molecule has 0 saturated carbocycles. The van der Waals surface area contributed by atoms with Crippen molar-refractivity contribution < 1.29 is 13.2 Å². The second-order valence-corrected chi connectivity index (χ2v) is 11.1. The third kappa shape index (κ3) is 5.44. The molecular weight excluding hydrogens is 484 g/mol. The van der Waals surface area contributed by atoms with Crippen molar-refractivity contribution in [1.29, 1.82) is 0 Å². The predicted molar refractivity (Wildman–Crippen MR) is 153 cm³/mol. The second kappa shape index (κ2) is 11.0. The van der Waals surface area contributed by atoms with Crippen molar-refractivity contribution in [3.63, 3.8) is 0 Å². The molecule has 3 aromatic rings. The van der Waals surface area contributed by atoms with Gasteiger partial charge in [0.2, 0.25) is 10.0 Å². The number of hydrogen-bond acceptors (Lipinski definition) is 5. The summed E-state index contributed by atoms with van der Waals surface area (Å²) < 4.78 is 35.2. The van der Waals surface area contributed by atoms with E-state index in [1.807, 2.05) is 68.5 Å². The van der Waals surface area contributed by atoms with Gasteiger partial charge in [0.05, 0.1) is 24.7 Å². The molecule has 8 heteroatoms. The van der Waals surface area contributed by atoms with Crippen LogP contribution < -0.4 is 14.8 Å². The zero-order chi connectivity index (χ0) is 26.5. The molecule has 0 spiro atoms. The lowest BCUT2D eigenvalue weighted by atomic mass is 9.89. The summed E-state index contributed by atoms with van der Waals surface area (Å²) >= 11 is 0. The minimum atomic E-state index is -3.89. The molecule has 0 bridgehead atoms. The Morgan fingerprint density at radius 2 is 2.00 bits per heavy atom. The van der Waals surface area contributed by atoms with Gasteiger partial charge in [-0.15, -0.1) is 0 Å². The van der Waals surface area contributed by atoms with Gasteiger partial charge in [-0.25, -0.2) is 13.4 Å². The number of rotatable bonds is 8. The van der Waals surface area contributed by atoms with Crippen molar-refractivity contribution in [2.75, 3.05) is 11.8 Å². The molecule has 0 aliphatic heterocycles. The number of aromatic nitrogens is 1. The number of nitrogens with zero attached hydrogens (tertiary/aromatic N) is 2. The number of sulfonamides is 1. The highest BCUT2D eigenvalue weighted by Crippen LogP contribution is 2.42. The first-order valence-electron chi connectivity index (χ1n) is 12.1. The van der Waals surface area contributed by atoms with Crippen LogP contribution in [0.25, 0.3) is 16.5 Å². The van der Waals surface area contributed by atoms with E-state index in [4.69, 9.17) is 4.74 Å². The van der Waals surface area contributed by atoms with Crippen molar-refractivity contribution >= 4 is 44.2 Å². The Balaban J connectivity index is 1.70. The quantitative estimate of drug-likeness (QED) is 0.269. The number of anilines is 1. The number of allylic oxidation sites excluding steroid dienone is 5. The molecule has 1 unspecified atom stereocenters. The normalized spacial score (nSPS) is 18.5. The minimum Gasteiger partial charge on any atom is -0.494 e. The maximum Gasteiger partial charge on any atom is 0.242 e. The molecule has 0 saturated heterocycles. The van der Waals surface area contributed by atoms with Crippen LogP contribution in [0.2, 0.25) is 0 Å². The average molecular weight is 517 g/mol. The number of aliphatic imine (C=N–C) groups is 1. The van der Waals surface area contributed by atoms with Gasteiger partial charge < -0.3 is 10.1 Å². The van der Waals surface area contributed by atoms with Crippen molar-refractivity contribution in [3.05, 3.63) is 90.3 Å². The highest BCUT2D eigenvalue weighted by Gasteiger charge is 2.43. The van der Waals surface area contributed by atoms with Gasteiger partial charge in [-0.1, -0.05) is 48.6 Å². The fraction of sp³-hybridized carbons (Fsp3) is 0.241. The number of fused-ring (bicyclic) bond motifs is 1. The van der Waals surface area contributed by atoms with Crippen LogP contribution in [0.4, 0.5) is 11.4 Å². The first-order chi connectivity index (χ1) is 17.8. The van der Waals surface area contributed by atoms with Crippen LogP contribution in [0.1, 0.15) is 39.2 Å². The van der Waals surface area contributed by atoms with Crippen LogP contribution in [0, 0.1) is 0 Å². The molecule has 0 fully saturated rings. The Hall–Kier alpha value is -3.91. The first kappa shape index (κ1) is 26.2. The number of nitrogens with one attached hydrogen (secondary N) is 2. The predicted octanol–water partition coefficient (Wildman–Crippen LogP) is 6.35. The van der Waals surface area contributed by atoms with E-state index in [9.17, 15) is 8.42 Å². The SMILES string of the molecule is C/C=C(/C)NC=Nc1ccc(NS(=O)(=O)C2(C)CCC=CC=C2c2cccc3cccnc23)cc1OC. The third-order valence-electron chi connectivity index (χ3n) is 6.63. The molecule has 1 aromatic heterocycles. The highest BCUT2D eigenvalue weighted by molar-refractivity contribution is 7.94. The average Bonchev–Trinajstić information content (AvgIpc) is 3.11. The van der Waals surface area contributed by atoms with Crippen LogP contribution in [0.3, 0.4) is 0 Å². The summed E-state index contributed by atoms with van der Waals surface area (Å²) in [5.74, 6) is 0.457. The van der Waals surface area contributed by atoms with Gasteiger partial charge in [0, 0.05) is 28.9 Å². The molecule has 7 nitrogen and oxygen atoms in total. The summed E-state index contributed by atoms with van der Waals surface area (Å²) in [5.41, 5.74) is 4.24. The Morgan fingerprint density at radius 1 is 1.19 bits per heavy atom. The summed E-state index contributed by atoms with van der Waals surface area (Å²) in [6, 6.07) is 14.8. The molecule has 2 N–H and O–H groups in total. The van der Waals surface area contributed by atoms with Crippen molar-refractivity contribution in [2.24, 2.45) is 4.99 Å². The molecule has 2 aromatic carbocycles. The maximum absolute atomic E-state index is 14.0. The van der Waals surface area contributed by atoms with E-state index in [1.54, 1.807) is 37.7 Å². The topological polar surface area (TPSA) is 92.7 Å². The number of methoxy groups -OCH3 is 1. The largest absolute Gasteiger partial charge is 0.494 e. The Bertz CT molecular complexity index is 1520. The summed E-state index contributed by atoms with van der Waals surface area (Å²) in [6.07, 6.45) is 12.1. The second-order valence-electron chi connectivity index (χ2n) is 9.03. The van der Waals surface area contributed by atoms with E-state index < -0.39 is 14.8 Å². The molecule has 0 radical (unpaired) electrons. The van der Waals surface area contributed by atoms with Crippen LogP contribution in [0.5, 0.6) is 5.75 Å². The van der Waals surface area contributed by atoms with Crippen molar-refractivity contribution in [2.45, 2.75) is 38.4 Å². The van der Waals surface area contributed by atoms with Crippen LogP contribution in [-0.4, -0.2) is 31.6 Å². The molecule has 1 aliphatic carbocycles. The van der Waals surface area contributed by atoms with E-state index in [0.717, 1.165) is 22.2 Å². The van der Waals surface area contributed by atoms with E-state index in [-0.39, 0.29) is 0 Å². The lowest BCUT2D eigenvalue weighted by Gasteiger charge is -2.32. The standard InChI is InChI=1S/C29H32N4O3S/c1-5-21(2)31-20-32-26-16-15-23(19-27(26)36-4)33-37(34,35)29(3)17-8-6-7-14-25(29)24-13-9-11-22-12-10-18-30-28(22)24/h5-7,9-16,18-20,33H,8,17H2,1-4H3,(H,31,32)/b21-5-. The van der Waals surface area contributed by atoms with Gasteiger partial charge in [-0.3, -0.25) is 9.71 Å². The van der Waals surface area contributed by atoms with E-state index in [0.29, 0.717) is 35.5 Å². The number of hydrogen-bond donors (Lipinski definition) is 2. The molecule has 1 heterocycles. The molecule has 0 amide bonds. The molecule has 1 aliphatic rings. The zero-order valence-electron chi connectivity index (χ0n) is 21.5. The summed E-state index contributed by atoms with van der Waals surface area (Å²) in [4.78, 5) is 8.97. The van der Waals surface area contributed by atoms with Crippen LogP contribution in [0.15, 0.2) is 89.7 Å². The van der Waals surface area contributed by atoms with Crippen LogP contribution >= 0.6 is 0 Å². The van der Waals surface area contributed by atoms with Crippen LogP contribution in [-0.2, 0) is 10.0 Å². The van der Waals surface area contributed by atoms with Crippen molar-refractivity contribution in [1.82, 2.24) is 10.3 Å². The van der Waals surface area contributed by atoms with Gasteiger partial charge in [-0.05, 0) is 57.4 Å². The van der Waals surface area contributed by atoms with E-state index >= 15 is 0 Å². The van der Waals surface area contributed by atoms with Gasteiger partial charge >= 0.3 is 0 Å². The summed E-state index contributed by atoms with van der Waals surface area (Å²) in [7, 11) is -2.36. The number of para-hydroxylation sites is 1. The lowest BCUT2D eigenvalue weighted by molar-refractivity contribution is 0.416. The fourth-order valence-electron chi connectivity index (χ4n) is 4.31. The van der Waals surface area contributed by atoms with E-state index in [1.165, 1.54) is 7.11 Å². The molecular formula is C29H32N4O3S. The van der Waals surface area contributed by atoms with Gasteiger partial charge in [0.25, 0.3) is 0 Å². The third-order valence-corrected chi connectivity index (χ3v) is 8.75. The molecule has 37 heavy (non-hydrogen) atoms.